The highest BCUT2D eigenvalue weighted by Crippen LogP contribution is 2.10. The highest BCUT2D eigenvalue weighted by Gasteiger charge is 2.18. The number of carbonyl (C=O) groups is 2. The van der Waals surface area contributed by atoms with E-state index in [0.717, 1.165) is 0 Å². The Morgan fingerprint density at radius 1 is 1.41 bits per heavy atom. The van der Waals surface area contributed by atoms with E-state index in [1.807, 2.05) is 0 Å². The highest BCUT2D eigenvalue weighted by atomic mass is 35.5. The molecule has 17 heavy (non-hydrogen) atoms. The number of nitrogens with zero attached hydrogens (tertiary/aromatic N) is 2. The van der Waals surface area contributed by atoms with Crippen LogP contribution in [0.25, 0.3) is 0 Å². The molecule has 0 fully saturated rings. The number of rotatable bonds is 2. The molecule has 0 spiro atoms. The summed E-state index contributed by atoms with van der Waals surface area (Å²) < 4.78 is 0. The monoisotopic (exact) mass is 252 g/mol. The van der Waals surface area contributed by atoms with E-state index in [1.165, 1.54) is 0 Å². The Balaban J connectivity index is 2.04. The van der Waals surface area contributed by atoms with Gasteiger partial charge in [0.15, 0.2) is 0 Å². The summed E-state index contributed by atoms with van der Waals surface area (Å²) in [6.45, 7) is 0. The first-order valence-electron chi connectivity index (χ1n) is 4.94. The minimum Gasteiger partial charge on any atom is -0.305 e. The van der Waals surface area contributed by atoms with E-state index in [-0.39, 0.29) is 23.9 Å². The number of hydrogen-bond donors (Lipinski definition) is 2. The van der Waals surface area contributed by atoms with Gasteiger partial charge in [-0.2, -0.15) is 5.10 Å². The van der Waals surface area contributed by atoms with Crippen LogP contribution >= 0.6 is 11.6 Å². The number of hydrazone groups is 1. The minimum atomic E-state index is -0.389. The van der Waals surface area contributed by atoms with Gasteiger partial charge in [0.25, 0.3) is 5.91 Å². The SMILES string of the molecule is O=C1CCC(C(=O)Nc2cccc(Cl)n2)=NN1. The van der Waals surface area contributed by atoms with Gasteiger partial charge in [-0.05, 0) is 12.1 Å². The van der Waals surface area contributed by atoms with Gasteiger partial charge < -0.3 is 5.32 Å². The van der Waals surface area contributed by atoms with Crippen LogP contribution in [0, 0.1) is 0 Å². The van der Waals surface area contributed by atoms with Gasteiger partial charge in [0.05, 0.1) is 0 Å². The Bertz CT molecular complexity index is 501. The molecule has 2 amide bonds. The van der Waals surface area contributed by atoms with Crippen molar-refractivity contribution in [2.24, 2.45) is 5.10 Å². The Morgan fingerprint density at radius 3 is 2.88 bits per heavy atom. The van der Waals surface area contributed by atoms with Crippen LogP contribution in [0.4, 0.5) is 5.82 Å². The van der Waals surface area contributed by atoms with Crippen LogP contribution < -0.4 is 10.7 Å². The lowest BCUT2D eigenvalue weighted by atomic mass is 10.1. The summed E-state index contributed by atoms with van der Waals surface area (Å²) in [5.74, 6) is -0.232. The number of aromatic nitrogens is 1. The van der Waals surface area contributed by atoms with Gasteiger partial charge in [-0.15, -0.1) is 0 Å². The fraction of sp³-hybridized carbons (Fsp3) is 0.200. The molecule has 0 atom stereocenters. The molecular formula is C10H9ClN4O2. The van der Waals surface area contributed by atoms with E-state index in [0.29, 0.717) is 17.4 Å². The summed E-state index contributed by atoms with van der Waals surface area (Å²) in [6.07, 6.45) is 0.577. The Morgan fingerprint density at radius 2 is 2.24 bits per heavy atom. The molecular weight excluding hydrogens is 244 g/mol. The Hall–Kier alpha value is -1.95. The predicted molar refractivity (Wildman–Crippen MR) is 62.7 cm³/mol. The van der Waals surface area contributed by atoms with Gasteiger partial charge in [-0.25, -0.2) is 10.4 Å². The third-order valence-corrected chi connectivity index (χ3v) is 2.33. The molecule has 1 aromatic heterocycles. The van der Waals surface area contributed by atoms with Gasteiger partial charge >= 0.3 is 0 Å². The van der Waals surface area contributed by atoms with Crippen molar-refractivity contribution in [3.8, 4) is 0 Å². The average molecular weight is 253 g/mol. The lowest BCUT2D eigenvalue weighted by molar-refractivity contribution is -0.121. The van der Waals surface area contributed by atoms with Crippen LogP contribution in [0.15, 0.2) is 23.3 Å². The van der Waals surface area contributed by atoms with E-state index in [1.54, 1.807) is 18.2 Å². The molecule has 6 nitrogen and oxygen atoms in total. The van der Waals surface area contributed by atoms with Gasteiger partial charge in [-0.1, -0.05) is 17.7 Å². The number of halogens is 1. The molecule has 0 radical (unpaired) electrons. The second-order valence-electron chi connectivity index (χ2n) is 3.39. The number of hydrogen-bond acceptors (Lipinski definition) is 4. The fourth-order valence-electron chi connectivity index (χ4n) is 1.30. The molecule has 88 valence electrons. The number of nitrogens with one attached hydrogen (secondary N) is 2. The van der Waals surface area contributed by atoms with E-state index < -0.39 is 0 Å². The molecule has 1 aliphatic rings. The predicted octanol–water partition coefficient (Wildman–Crippen LogP) is 0.939. The van der Waals surface area contributed by atoms with Crippen molar-refractivity contribution < 1.29 is 9.59 Å². The molecule has 0 saturated heterocycles. The van der Waals surface area contributed by atoms with Gasteiger partial charge in [0.1, 0.15) is 16.7 Å². The maximum atomic E-state index is 11.7. The van der Waals surface area contributed by atoms with E-state index in [4.69, 9.17) is 11.6 Å². The third-order valence-electron chi connectivity index (χ3n) is 2.12. The van der Waals surface area contributed by atoms with Crippen molar-refractivity contribution in [3.63, 3.8) is 0 Å². The number of carbonyl (C=O) groups excluding carboxylic acids is 2. The summed E-state index contributed by atoms with van der Waals surface area (Å²) in [4.78, 5) is 26.5. The summed E-state index contributed by atoms with van der Waals surface area (Å²) >= 11 is 5.68. The summed E-state index contributed by atoms with van der Waals surface area (Å²) in [5, 5.41) is 6.52. The van der Waals surface area contributed by atoms with Crippen LogP contribution in [0.1, 0.15) is 12.8 Å². The second kappa shape index (κ2) is 4.92. The average Bonchev–Trinajstić information content (AvgIpc) is 2.29. The number of amides is 2. The topological polar surface area (TPSA) is 83.5 Å². The van der Waals surface area contributed by atoms with Crippen LogP contribution in [-0.2, 0) is 9.59 Å². The van der Waals surface area contributed by atoms with Crippen molar-refractivity contribution in [3.05, 3.63) is 23.4 Å². The summed E-state index contributed by atoms with van der Waals surface area (Å²) in [7, 11) is 0. The summed E-state index contributed by atoms with van der Waals surface area (Å²) in [6, 6.07) is 4.90. The quantitative estimate of drug-likeness (QED) is 0.769. The Labute approximate surface area is 102 Å². The van der Waals surface area contributed by atoms with Gasteiger partial charge in [0.2, 0.25) is 5.91 Å². The van der Waals surface area contributed by atoms with E-state index in [9.17, 15) is 9.59 Å². The lowest BCUT2D eigenvalue weighted by Crippen LogP contribution is -2.32. The standard InChI is InChI=1S/C10H9ClN4O2/c11-7-2-1-3-8(12-7)13-10(17)6-4-5-9(16)15-14-6/h1-3H,4-5H2,(H,15,16)(H,12,13,17). The zero-order valence-electron chi connectivity index (χ0n) is 8.74. The Kier molecular flexibility index (Phi) is 3.34. The number of anilines is 1. The van der Waals surface area contributed by atoms with Crippen molar-refractivity contribution in [1.29, 1.82) is 0 Å². The van der Waals surface area contributed by atoms with Crippen molar-refractivity contribution >= 4 is 34.9 Å². The van der Waals surface area contributed by atoms with Crippen molar-refractivity contribution in [2.75, 3.05) is 5.32 Å². The third kappa shape index (κ3) is 3.01. The molecule has 0 aliphatic carbocycles. The first kappa shape index (κ1) is 11.5. The maximum absolute atomic E-state index is 11.7. The summed E-state index contributed by atoms with van der Waals surface area (Å²) in [5.41, 5.74) is 2.52. The highest BCUT2D eigenvalue weighted by molar-refractivity contribution is 6.43. The lowest BCUT2D eigenvalue weighted by Gasteiger charge is -2.11. The van der Waals surface area contributed by atoms with Crippen LogP contribution in [0.5, 0.6) is 0 Å². The number of pyridine rings is 1. The first-order valence-corrected chi connectivity index (χ1v) is 5.32. The maximum Gasteiger partial charge on any atom is 0.273 e. The molecule has 0 bridgehead atoms. The molecule has 1 aliphatic heterocycles. The zero-order valence-corrected chi connectivity index (χ0v) is 9.49. The molecule has 0 saturated carbocycles. The smallest absolute Gasteiger partial charge is 0.273 e. The van der Waals surface area contributed by atoms with Crippen LogP contribution in [0.3, 0.4) is 0 Å². The second-order valence-corrected chi connectivity index (χ2v) is 3.78. The molecule has 7 heteroatoms. The van der Waals surface area contributed by atoms with Gasteiger partial charge in [0, 0.05) is 12.8 Å². The fourth-order valence-corrected chi connectivity index (χ4v) is 1.47. The molecule has 0 unspecified atom stereocenters. The van der Waals surface area contributed by atoms with E-state index >= 15 is 0 Å². The van der Waals surface area contributed by atoms with Gasteiger partial charge in [-0.3, -0.25) is 9.59 Å². The molecule has 2 heterocycles. The van der Waals surface area contributed by atoms with Crippen LogP contribution in [0.2, 0.25) is 5.15 Å². The molecule has 1 aromatic rings. The molecule has 2 rings (SSSR count). The normalized spacial score (nSPS) is 14.9. The zero-order chi connectivity index (χ0) is 12.3. The molecule has 0 aromatic carbocycles. The van der Waals surface area contributed by atoms with Crippen molar-refractivity contribution in [2.45, 2.75) is 12.8 Å². The first-order chi connectivity index (χ1) is 8.15. The van der Waals surface area contributed by atoms with Crippen molar-refractivity contribution in [1.82, 2.24) is 10.4 Å². The minimum absolute atomic E-state index is 0.192. The van der Waals surface area contributed by atoms with Crippen LogP contribution in [-0.4, -0.2) is 22.5 Å². The van der Waals surface area contributed by atoms with E-state index in [2.05, 4.69) is 20.8 Å². The molecule has 2 N–H and O–H groups in total. The largest absolute Gasteiger partial charge is 0.305 e.